The van der Waals surface area contributed by atoms with Gasteiger partial charge in [0.15, 0.2) is 0 Å². The normalized spacial score (nSPS) is 18.5. The second-order valence-corrected chi connectivity index (χ2v) is 4.52. The minimum absolute atomic E-state index is 0.0130. The highest BCUT2D eigenvalue weighted by Gasteiger charge is 2.21. The summed E-state index contributed by atoms with van der Waals surface area (Å²) >= 11 is 5.92. The maximum Gasteiger partial charge on any atom is 0.238 e. The van der Waals surface area contributed by atoms with Gasteiger partial charge in [-0.3, -0.25) is 9.59 Å². The number of para-hydroxylation sites is 1. The molecule has 1 saturated heterocycles. The maximum atomic E-state index is 11.7. The highest BCUT2D eigenvalue weighted by Crippen LogP contribution is 2.19. The number of anilines is 1. The molecule has 1 atom stereocenters. The second-order valence-electron chi connectivity index (χ2n) is 4.11. The van der Waals surface area contributed by atoms with E-state index in [-0.39, 0.29) is 24.4 Å². The van der Waals surface area contributed by atoms with E-state index in [1.807, 2.05) is 0 Å². The molecule has 96 valence electrons. The van der Waals surface area contributed by atoms with Crippen LogP contribution in [-0.4, -0.2) is 30.9 Å². The fraction of sp³-hybridized carbons (Fsp3) is 0.333. The number of carbonyl (C=O) groups excluding carboxylic acids is 2. The lowest BCUT2D eigenvalue weighted by Gasteiger charge is -2.11. The van der Waals surface area contributed by atoms with E-state index in [2.05, 4.69) is 16.0 Å². The van der Waals surface area contributed by atoms with E-state index in [0.29, 0.717) is 23.7 Å². The average molecular weight is 268 g/mol. The van der Waals surface area contributed by atoms with E-state index in [1.54, 1.807) is 24.3 Å². The molecular weight excluding hydrogens is 254 g/mol. The lowest BCUT2D eigenvalue weighted by molar-refractivity contribution is -0.119. The van der Waals surface area contributed by atoms with Gasteiger partial charge >= 0.3 is 0 Å². The molecule has 0 aromatic heterocycles. The van der Waals surface area contributed by atoms with Crippen LogP contribution in [0.3, 0.4) is 0 Å². The Bertz CT molecular complexity index is 464. The molecule has 0 aliphatic carbocycles. The van der Waals surface area contributed by atoms with E-state index in [9.17, 15) is 9.59 Å². The summed E-state index contributed by atoms with van der Waals surface area (Å²) in [5.41, 5.74) is 0.589. The maximum absolute atomic E-state index is 11.7. The summed E-state index contributed by atoms with van der Waals surface area (Å²) in [4.78, 5) is 22.6. The smallest absolute Gasteiger partial charge is 0.238 e. The first-order chi connectivity index (χ1) is 8.65. The zero-order valence-electron chi connectivity index (χ0n) is 9.70. The number of hydrogen-bond acceptors (Lipinski definition) is 3. The molecule has 2 amide bonds. The average Bonchev–Trinajstić information content (AvgIpc) is 2.76. The van der Waals surface area contributed by atoms with Crippen LogP contribution in [0, 0.1) is 0 Å². The van der Waals surface area contributed by atoms with Crippen molar-refractivity contribution < 1.29 is 9.59 Å². The summed E-state index contributed by atoms with van der Waals surface area (Å²) in [6.45, 7) is 0.725. The first-order valence-corrected chi connectivity index (χ1v) is 6.07. The highest BCUT2D eigenvalue weighted by molar-refractivity contribution is 6.33. The Labute approximate surface area is 110 Å². The largest absolute Gasteiger partial charge is 0.354 e. The van der Waals surface area contributed by atoms with Gasteiger partial charge in [-0.25, -0.2) is 0 Å². The van der Waals surface area contributed by atoms with Gasteiger partial charge in [-0.2, -0.15) is 0 Å². The first kappa shape index (κ1) is 12.9. The Morgan fingerprint density at radius 2 is 2.22 bits per heavy atom. The van der Waals surface area contributed by atoms with Gasteiger partial charge in [0, 0.05) is 19.0 Å². The van der Waals surface area contributed by atoms with Crippen molar-refractivity contribution in [1.82, 2.24) is 10.6 Å². The van der Waals surface area contributed by atoms with Crippen molar-refractivity contribution in [3.05, 3.63) is 29.3 Å². The molecule has 0 saturated carbocycles. The van der Waals surface area contributed by atoms with Crippen LogP contribution < -0.4 is 16.0 Å². The van der Waals surface area contributed by atoms with Crippen LogP contribution in [0.5, 0.6) is 0 Å². The van der Waals surface area contributed by atoms with Crippen LogP contribution >= 0.6 is 11.6 Å². The lowest BCUT2D eigenvalue weighted by Crippen LogP contribution is -2.37. The van der Waals surface area contributed by atoms with Crippen LogP contribution in [-0.2, 0) is 9.59 Å². The highest BCUT2D eigenvalue weighted by atomic mass is 35.5. The Kier molecular flexibility index (Phi) is 4.17. The van der Waals surface area contributed by atoms with Crippen molar-refractivity contribution in [3.8, 4) is 0 Å². The van der Waals surface area contributed by atoms with E-state index >= 15 is 0 Å². The summed E-state index contributed by atoms with van der Waals surface area (Å²) in [5, 5.41) is 8.92. The molecule has 0 spiro atoms. The summed E-state index contributed by atoms with van der Waals surface area (Å²) in [5.74, 6) is -0.165. The molecule has 1 heterocycles. The summed E-state index contributed by atoms with van der Waals surface area (Å²) in [7, 11) is 0. The van der Waals surface area contributed by atoms with E-state index in [4.69, 9.17) is 11.6 Å². The van der Waals surface area contributed by atoms with E-state index in [0.717, 1.165) is 0 Å². The minimum Gasteiger partial charge on any atom is -0.354 e. The molecule has 18 heavy (non-hydrogen) atoms. The first-order valence-electron chi connectivity index (χ1n) is 5.69. The number of halogens is 1. The van der Waals surface area contributed by atoms with Crippen molar-refractivity contribution in [1.29, 1.82) is 0 Å². The molecule has 5 nitrogen and oxygen atoms in total. The lowest BCUT2D eigenvalue weighted by atomic mass is 10.2. The van der Waals surface area contributed by atoms with Crippen LogP contribution in [0.2, 0.25) is 5.02 Å². The number of hydrogen-bond donors (Lipinski definition) is 3. The van der Waals surface area contributed by atoms with Crippen molar-refractivity contribution in [2.75, 3.05) is 18.4 Å². The Balaban J connectivity index is 1.79. The predicted molar refractivity (Wildman–Crippen MR) is 69.5 cm³/mol. The van der Waals surface area contributed by atoms with E-state index in [1.165, 1.54) is 0 Å². The SMILES string of the molecule is O=C1CC(NCC(=O)Nc2ccccc2Cl)CN1. The van der Waals surface area contributed by atoms with Gasteiger partial charge in [0.05, 0.1) is 17.3 Å². The summed E-state index contributed by atoms with van der Waals surface area (Å²) < 4.78 is 0. The standard InChI is InChI=1S/C12H14ClN3O2/c13-9-3-1-2-4-10(9)16-12(18)7-14-8-5-11(17)15-6-8/h1-4,8,14H,5-7H2,(H,15,17)(H,16,18). The Hall–Kier alpha value is -1.59. The molecule has 1 aliphatic rings. The number of benzene rings is 1. The zero-order valence-corrected chi connectivity index (χ0v) is 10.5. The topological polar surface area (TPSA) is 70.2 Å². The molecule has 6 heteroatoms. The second kappa shape index (κ2) is 5.84. The van der Waals surface area contributed by atoms with Gasteiger partial charge in [-0.1, -0.05) is 23.7 Å². The molecule has 2 rings (SSSR count). The molecule has 0 bridgehead atoms. The van der Waals surface area contributed by atoms with E-state index < -0.39 is 0 Å². The van der Waals surface area contributed by atoms with Crippen LogP contribution in [0.15, 0.2) is 24.3 Å². The van der Waals surface area contributed by atoms with Gasteiger partial charge in [0.25, 0.3) is 0 Å². The monoisotopic (exact) mass is 267 g/mol. The molecule has 1 aromatic rings. The van der Waals surface area contributed by atoms with Gasteiger partial charge in [0.2, 0.25) is 11.8 Å². The fourth-order valence-corrected chi connectivity index (χ4v) is 1.93. The van der Waals surface area contributed by atoms with Crippen molar-refractivity contribution in [2.24, 2.45) is 0 Å². The summed E-state index contributed by atoms with van der Waals surface area (Å²) in [6, 6.07) is 7.07. The van der Waals surface area contributed by atoms with Gasteiger partial charge in [-0.15, -0.1) is 0 Å². The molecule has 1 unspecified atom stereocenters. The zero-order chi connectivity index (χ0) is 13.0. The molecule has 0 radical (unpaired) electrons. The predicted octanol–water partition coefficient (Wildman–Crippen LogP) is 0.757. The van der Waals surface area contributed by atoms with Gasteiger partial charge < -0.3 is 16.0 Å². The van der Waals surface area contributed by atoms with Crippen molar-refractivity contribution in [2.45, 2.75) is 12.5 Å². The van der Waals surface area contributed by atoms with Crippen LogP contribution in [0.1, 0.15) is 6.42 Å². The Morgan fingerprint density at radius 3 is 2.89 bits per heavy atom. The number of carbonyl (C=O) groups is 2. The van der Waals surface area contributed by atoms with Gasteiger partial charge in [0.1, 0.15) is 0 Å². The molecular formula is C12H14ClN3O2. The number of amides is 2. The Morgan fingerprint density at radius 1 is 1.44 bits per heavy atom. The molecule has 1 fully saturated rings. The number of rotatable bonds is 4. The molecule has 1 aromatic carbocycles. The van der Waals surface area contributed by atoms with Crippen molar-refractivity contribution >= 4 is 29.1 Å². The quantitative estimate of drug-likeness (QED) is 0.754. The summed E-state index contributed by atoms with van der Waals surface area (Å²) in [6.07, 6.45) is 0.416. The van der Waals surface area contributed by atoms with Crippen LogP contribution in [0.25, 0.3) is 0 Å². The minimum atomic E-state index is -0.178. The van der Waals surface area contributed by atoms with Crippen LogP contribution in [0.4, 0.5) is 5.69 Å². The number of nitrogens with one attached hydrogen (secondary N) is 3. The van der Waals surface area contributed by atoms with Gasteiger partial charge in [-0.05, 0) is 12.1 Å². The third-order valence-corrected chi connectivity index (χ3v) is 3.01. The van der Waals surface area contributed by atoms with Crippen molar-refractivity contribution in [3.63, 3.8) is 0 Å². The third kappa shape index (κ3) is 3.45. The third-order valence-electron chi connectivity index (χ3n) is 2.68. The molecule has 3 N–H and O–H groups in total. The fourth-order valence-electron chi connectivity index (χ4n) is 1.74. The molecule has 1 aliphatic heterocycles.